The molecule has 0 aromatic heterocycles. The average Bonchev–Trinajstić information content (AvgIpc) is 2.33. The highest BCUT2D eigenvalue weighted by Crippen LogP contribution is 2.27. The first kappa shape index (κ1) is 13.5. The predicted molar refractivity (Wildman–Crippen MR) is 71.7 cm³/mol. The van der Waals surface area contributed by atoms with E-state index in [9.17, 15) is 8.78 Å². The third kappa shape index (κ3) is 3.11. The topological polar surface area (TPSA) is 9.23 Å². The van der Waals surface area contributed by atoms with E-state index in [1.54, 1.807) is 0 Å². The summed E-state index contributed by atoms with van der Waals surface area (Å²) in [6.07, 6.45) is 0. The fourth-order valence-electron chi connectivity index (χ4n) is 2.04. The Hall–Kier alpha value is -1.90. The number of hydrogen-bond acceptors (Lipinski definition) is 1. The Kier molecular flexibility index (Phi) is 3.84. The van der Waals surface area contributed by atoms with E-state index in [1.165, 1.54) is 11.6 Å². The Balaban J connectivity index is 2.24. The van der Waals surface area contributed by atoms with Crippen molar-refractivity contribution in [2.24, 2.45) is 0 Å². The number of ether oxygens (including phenoxy) is 1. The van der Waals surface area contributed by atoms with Crippen LogP contribution in [0, 0.1) is 18.6 Å². The highest BCUT2D eigenvalue weighted by atomic mass is 19.2. The summed E-state index contributed by atoms with van der Waals surface area (Å²) < 4.78 is 31.4. The van der Waals surface area contributed by atoms with Crippen LogP contribution in [0.1, 0.15) is 30.9 Å². The quantitative estimate of drug-likeness (QED) is 0.739. The van der Waals surface area contributed by atoms with E-state index in [0.29, 0.717) is 11.7 Å². The SMILES string of the molecule is Cc1cc(Oc2ccc(F)c(F)c2)ccc1C(C)C. The van der Waals surface area contributed by atoms with Gasteiger partial charge in [-0.2, -0.15) is 0 Å². The van der Waals surface area contributed by atoms with Gasteiger partial charge in [-0.15, -0.1) is 0 Å². The fraction of sp³-hybridized carbons (Fsp3) is 0.250. The van der Waals surface area contributed by atoms with Gasteiger partial charge in [0.05, 0.1) is 0 Å². The molecule has 0 spiro atoms. The Morgan fingerprint density at radius 3 is 2.11 bits per heavy atom. The van der Waals surface area contributed by atoms with Crippen molar-refractivity contribution in [3.8, 4) is 11.5 Å². The van der Waals surface area contributed by atoms with Crippen molar-refractivity contribution < 1.29 is 13.5 Å². The van der Waals surface area contributed by atoms with Gasteiger partial charge >= 0.3 is 0 Å². The minimum Gasteiger partial charge on any atom is -0.457 e. The zero-order valence-electron chi connectivity index (χ0n) is 11.2. The molecule has 0 heterocycles. The summed E-state index contributed by atoms with van der Waals surface area (Å²) in [6, 6.07) is 9.24. The molecule has 0 bridgehead atoms. The smallest absolute Gasteiger partial charge is 0.162 e. The lowest BCUT2D eigenvalue weighted by Gasteiger charge is -2.12. The molecule has 2 rings (SSSR count). The molecule has 0 saturated carbocycles. The summed E-state index contributed by atoms with van der Waals surface area (Å²) in [5.74, 6) is -0.437. The fourth-order valence-corrected chi connectivity index (χ4v) is 2.04. The Morgan fingerprint density at radius 1 is 0.895 bits per heavy atom. The highest BCUT2D eigenvalue weighted by Gasteiger charge is 2.07. The molecular weight excluding hydrogens is 246 g/mol. The van der Waals surface area contributed by atoms with E-state index in [-0.39, 0.29) is 5.75 Å². The van der Waals surface area contributed by atoms with E-state index in [2.05, 4.69) is 13.8 Å². The monoisotopic (exact) mass is 262 g/mol. The molecule has 3 heteroatoms. The van der Waals surface area contributed by atoms with Gasteiger partial charge in [0.2, 0.25) is 0 Å². The molecular formula is C16H16F2O. The molecule has 0 amide bonds. The summed E-state index contributed by atoms with van der Waals surface area (Å²) in [4.78, 5) is 0. The summed E-state index contributed by atoms with van der Waals surface area (Å²) >= 11 is 0. The van der Waals surface area contributed by atoms with Crippen LogP contribution < -0.4 is 4.74 Å². The second-order valence-electron chi connectivity index (χ2n) is 4.85. The number of halogens is 2. The Bertz CT molecular complexity index is 591. The second kappa shape index (κ2) is 5.39. The lowest BCUT2D eigenvalue weighted by molar-refractivity contribution is 0.461. The third-order valence-electron chi connectivity index (χ3n) is 2.99. The molecule has 0 saturated heterocycles. The number of hydrogen-bond donors (Lipinski definition) is 0. The molecule has 0 atom stereocenters. The number of aryl methyl sites for hydroxylation is 1. The first-order valence-corrected chi connectivity index (χ1v) is 6.21. The van der Waals surface area contributed by atoms with Crippen molar-refractivity contribution in [1.29, 1.82) is 0 Å². The minimum absolute atomic E-state index is 0.288. The Morgan fingerprint density at radius 2 is 1.53 bits per heavy atom. The third-order valence-corrected chi connectivity index (χ3v) is 2.99. The second-order valence-corrected chi connectivity index (χ2v) is 4.85. The van der Waals surface area contributed by atoms with Gasteiger partial charge < -0.3 is 4.74 Å². The molecule has 1 nitrogen and oxygen atoms in total. The predicted octanol–water partition coefficient (Wildman–Crippen LogP) is 5.19. The first-order valence-electron chi connectivity index (χ1n) is 6.21. The molecule has 0 fully saturated rings. The summed E-state index contributed by atoms with van der Waals surface area (Å²) in [6.45, 7) is 6.25. The van der Waals surface area contributed by atoms with Gasteiger partial charge in [0, 0.05) is 6.07 Å². The van der Waals surface area contributed by atoms with Crippen LogP contribution in [0.4, 0.5) is 8.78 Å². The van der Waals surface area contributed by atoms with E-state index in [1.807, 2.05) is 25.1 Å². The van der Waals surface area contributed by atoms with Crippen molar-refractivity contribution in [3.63, 3.8) is 0 Å². The maximum absolute atomic E-state index is 13.1. The minimum atomic E-state index is -0.909. The van der Waals surface area contributed by atoms with Crippen LogP contribution >= 0.6 is 0 Å². The maximum Gasteiger partial charge on any atom is 0.162 e. The van der Waals surface area contributed by atoms with Gasteiger partial charge in [-0.25, -0.2) is 8.78 Å². The van der Waals surface area contributed by atoms with Crippen molar-refractivity contribution in [3.05, 3.63) is 59.2 Å². The van der Waals surface area contributed by atoms with Gasteiger partial charge in [-0.3, -0.25) is 0 Å². The number of rotatable bonds is 3. The van der Waals surface area contributed by atoms with Gasteiger partial charge in [-0.05, 0) is 48.2 Å². The van der Waals surface area contributed by atoms with Crippen molar-refractivity contribution in [2.75, 3.05) is 0 Å². The number of benzene rings is 2. The van der Waals surface area contributed by atoms with Crippen LogP contribution in [0.3, 0.4) is 0 Å². The molecule has 0 radical (unpaired) electrons. The largest absolute Gasteiger partial charge is 0.457 e. The van der Waals surface area contributed by atoms with Crippen LogP contribution in [-0.4, -0.2) is 0 Å². The average molecular weight is 262 g/mol. The standard InChI is InChI=1S/C16H16F2O/c1-10(2)14-6-4-12(8-11(14)3)19-13-5-7-15(17)16(18)9-13/h4-10H,1-3H3. The van der Waals surface area contributed by atoms with Gasteiger partial charge in [0.15, 0.2) is 11.6 Å². The summed E-state index contributed by atoms with van der Waals surface area (Å²) in [5.41, 5.74) is 2.37. The summed E-state index contributed by atoms with van der Waals surface area (Å²) in [5, 5.41) is 0. The van der Waals surface area contributed by atoms with Crippen LogP contribution in [0.2, 0.25) is 0 Å². The molecule has 0 aliphatic rings. The van der Waals surface area contributed by atoms with E-state index >= 15 is 0 Å². The van der Waals surface area contributed by atoms with Crippen LogP contribution in [0.5, 0.6) is 11.5 Å². The van der Waals surface area contributed by atoms with Gasteiger partial charge in [0.25, 0.3) is 0 Å². The van der Waals surface area contributed by atoms with Crippen LogP contribution in [-0.2, 0) is 0 Å². The van der Waals surface area contributed by atoms with Crippen LogP contribution in [0.15, 0.2) is 36.4 Å². The molecule has 0 aliphatic heterocycles. The normalized spacial score (nSPS) is 10.8. The molecule has 0 unspecified atom stereocenters. The zero-order valence-corrected chi connectivity index (χ0v) is 11.2. The Labute approximate surface area is 111 Å². The highest BCUT2D eigenvalue weighted by molar-refractivity contribution is 5.39. The first-order chi connectivity index (χ1) is 8.97. The molecule has 0 N–H and O–H groups in total. The molecule has 2 aromatic rings. The van der Waals surface area contributed by atoms with Crippen molar-refractivity contribution in [2.45, 2.75) is 26.7 Å². The molecule has 0 aliphatic carbocycles. The van der Waals surface area contributed by atoms with E-state index in [0.717, 1.165) is 17.7 Å². The van der Waals surface area contributed by atoms with Crippen molar-refractivity contribution in [1.82, 2.24) is 0 Å². The molecule has 100 valence electrons. The van der Waals surface area contributed by atoms with E-state index in [4.69, 9.17) is 4.74 Å². The van der Waals surface area contributed by atoms with Crippen molar-refractivity contribution >= 4 is 0 Å². The van der Waals surface area contributed by atoms with Crippen LogP contribution in [0.25, 0.3) is 0 Å². The molecule has 19 heavy (non-hydrogen) atoms. The lowest BCUT2D eigenvalue weighted by atomic mass is 9.98. The van der Waals surface area contributed by atoms with Gasteiger partial charge in [0.1, 0.15) is 11.5 Å². The maximum atomic E-state index is 13.1. The zero-order chi connectivity index (χ0) is 14.0. The summed E-state index contributed by atoms with van der Waals surface area (Å²) in [7, 11) is 0. The van der Waals surface area contributed by atoms with E-state index < -0.39 is 11.6 Å². The van der Waals surface area contributed by atoms with Gasteiger partial charge in [-0.1, -0.05) is 19.9 Å². The molecule has 2 aromatic carbocycles. The lowest BCUT2D eigenvalue weighted by Crippen LogP contribution is -1.93.